The Bertz CT molecular complexity index is 546. The Hall–Kier alpha value is -0.980. The van der Waals surface area contributed by atoms with Gasteiger partial charge in [0.25, 0.3) is 0 Å². The molecule has 0 unspecified atom stereocenters. The monoisotopic (exact) mass is 412 g/mol. The minimum absolute atomic E-state index is 0.782. The molecule has 0 aromatic heterocycles. The van der Waals surface area contributed by atoms with Crippen LogP contribution in [0, 0.1) is 17.8 Å². The van der Waals surface area contributed by atoms with Gasteiger partial charge in [-0.05, 0) is 79.9 Å². The lowest BCUT2D eigenvalue weighted by molar-refractivity contribution is 0.234. The van der Waals surface area contributed by atoms with Crippen LogP contribution in [0.3, 0.4) is 0 Å². The lowest BCUT2D eigenvalue weighted by Gasteiger charge is -2.29. The van der Waals surface area contributed by atoms with Gasteiger partial charge in [-0.25, -0.2) is 0 Å². The van der Waals surface area contributed by atoms with Gasteiger partial charge in [-0.3, -0.25) is 0 Å². The van der Waals surface area contributed by atoms with Crippen LogP contribution < -0.4 is 4.74 Å². The lowest BCUT2D eigenvalue weighted by Crippen LogP contribution is -2.14. The van der Waals surface area contributed by atoms with Crippen molar-refractivity contribution in [1.82, 2.24) is 0 Å². The van der Waals surface area contributed by atoms with E-state index in [-0.39, 0.29) is 0 Å². The molecule has 2 saturated carbocycles. The van der Waals surface area contributed by atoms with Crippen molar-refractivity contribution in [2.24, 2.45) is 17.8 Å². The van der Waals surface area contributed by atoms with Gasteiger partial charge in [-0.1, -0.05) is 90.2 Å². The van der Waals surface area contributed by atoms with Crippen molar-refractivity contribution < 1.29 is 4.74 Å². The zero-order chi connectivity index (χ0) is 21.0. The fourth-order valence-corrected chi connectivity index (χ4v) is 5.97. The molecule has 2 fully saturated rings. The van der Waals surface area contributed by atoms with Gasteiger partial charge < -0.3 is 4.74 Å². The van der Waals surface area contributed by atoms with Crippen molar-refractivity contribution in [2.75, 3.05) is 6.61 Å². The molecule has 0 atom stereocenters. The summed E-state index contributed by atoms with van der Waals surface area (Å²) in [5.41, 5.74) is 1.54. The van der Waals surface area contributed by atoms with Crippen LogP contribution in [0.4, 0.5) is 0 Å². The average molecular weight is 413 g/mol. The van der Waals surface area contributed by atoms with Gasteiger partial charge >= 0.3 is 0 Å². The van der Waals surface area contributed by atoms with Crippen molar-refractivity contribution in [2.45, 2.75) is 122 Å². The highest BCUT2D eigenvalue weighted by atomic mass is 16.5. The van der Waals surface area contributed by atoms with Crippen molar-refractivity contribution in [3.63, 3.8) is 0 Å². The molecule has 1 heteroatoms. The van der Waals surface area contributed by atoms with Crippen LogP contribution in [0.1, 0.15) is 128 Å². The van der Waals surface area contributed by atoms with Gasteiger partial charge in [0, 0.05) is 0 Å². The zero-order valence-corrected chi connectivity index (χ0v) is 20.0. The predicted molar refractivity (Wildman–Crippen MR) is 130 cm³/mol. The molecule has 1 aromatic carbocycles. The summed E-state index contributed by atoms with van der Waals surface area (Å²) in [4.78, 5) is 0. The van der Waals surface area contributed by atoms with E-state index in [0.717, 1.165) is 36.0 Å². The molecule has 0 saturated heterocycles. The number of benzene rings is 1. The van der Waals surface area contributed by atoms with E-state index >= 15 is 0 Å². The van der Waals surface area contributed by atoms with Gasteiger partial charge in [-0.2, -0.15) is 0 Å². The Labute approximate surface area is 187 Å². The highest BCUT2D eigenvalue weighted by Crippen LogP contribution is 2.38. The molecule has 0 heterocycles. The molecule has 2 aliphatic carbocycles. The minimum Gasteiger partial charge on any atom is -0.494 e. The summed E-state index contributed by atoms with van der Waals surface area (Å²) >= 11 is 0. The van der Waals surface area contributed by atoms with Gasteiger partial charge in [0.2, 0.25) is 0 Å². The van der Waals surface area contributed by atoms with Crippen LogP contribution in [0.25, 0.3) is 0 Å². The molecule has 2 aliphatic rings. The normalized spacial score (nSPS) is 27.1. The first-order chi connectivity index (χ1) is 14.8. The standard InChI is InChI=1S/C29H48O/c1-3-5-6-7-9-25-15-17-27(18-16-25)28-19-21-29(22-20-28)30-23-8-10-26-13-11-24(4-2)12-14-26/h19-22,24-27H,3-18,23H2,1-2H3. The van der Waals surface area contributed by atoms with Crippen LogP contribution in [0.5, 0.6) is 5.75 Å². The summed E-state index contributed by atoms with van der Waals surface area (Å²) in [6, 6.07) is 9.12. The van der Waals surface area contributed by atoms with E-state index in [1.54, 1.807) is 5.56 Å². The topological polar surface area (TPSA) is 9.23 Å². The van der Waals surface area contributed by atoms with E-state index in [0.29, 0.717) is 0 Å². The zero-order valence-electron chi connectivity index (χ0n) is 20.0. The Morgan fingerprint density at radius 1 is 0.667 bits per heavy atom. The van der Waals surface area contributed by atoms with Crippen LogP contribution >= 0.6 is 0 Å². The Morgan fingerprint density at radius 2 is 1.27 bits per heavy atom. The fourth-order valence-electron chi connectivity index (χ4n) is 5.97. The molecule has 0 radical (unpaired) electrons. The summed E-state index contributed by atoms with van der Waals surface area (Å²) in [6.07, 6.45) is 22.6. The SMILES string of the molecule is CCCCCCC1CCC(c2ccc(OCCCC3CCC(CC)CC3)cc2)CC1. The number of unbranched alkanes of at least 4 members (excludes halogenated alkanes) is 3. The highest BCUT2D eigenvalue weighted by molar-refractivity contribution is 5.29. The van der Waals surface area contributed by atoms with Crippen LogP contribution in [-0.4, -0.2) is 6.61 Å². The maximum atomic E-state index is 6.06. The van der Waals surface area contributed by atoms with Gasteiger partial charge in [0.05, 0.1) is 6.61 Å². The maximum Gasteiger partial charge on any atom is 0.119 e. The van der Waals surface area contributed by atoms with E-state index in [1.807, 2.05) is 0 Å². The van der Waals surface area contributed by atoms with E-state index in [1.165, 1.54) is 103 Å². The fraction of sp³-hybridized carbons (Fsp3) is 0.793. The molecular weight excluding hydrogens is 364 g/mol. The third-order valence-electron chi connectivity index (χ3n) is 8.23. The molecule has 30 heavy (non-hydrogen) atoms. The summed E-state index contributed by atoms with van der Waals surface area (Å²) < 4.78 is 6.06. The molecule has 1 nitrogen and oxygen atoms in total. The highest BCUT2D eigenvalue weighted by Gasteiger charge is 2.22. The summed E-state index contributed by atoms with van der Waals surface area (Å²) in [7, 11) is 0. The number of ether oxygens (including phenoxy) is 1. The smallest absolute Gasteiger partial charge is 0.119 e. The third kappa shape index (κ3) is 7.93. The first-order valence-corrected chi connectivity index (χ1v) is 13.5. The van der Waals surface area contributed by atoms with Gasteiger partial charge in [-0.15, -0.1) is 0 Å². The maximum absolute atomic E-state index is 6.06. The Balaban J connectivity index is 1.29. The first kappa shape index (κ1) is 23.7. The quantitative estimate of drug-likeness (QED) is 0.311. The van der Waals surface area contributed by atoms with Crippen molar-refractivity contribution >= 4 is 0 Å². The van der Waals surface area contributed by atoms with Gasteiger partial charge in [0.15, 0.2) is 0 Å². The second-order valence-corrected chi connectivity index (χ2v) is 10.4. The van der Waals surface area contributed by atoms with Crippen LogP contribution in [0.15, 0.2) is 24.3 Å². The molecule has 0 spiro atoms. The minimum atomic E-state index is 0.782. The second-order valence-electron chi connectivity index (χ2n) is 10.4. The molecule has 3 rings (SSSR count). The molecule has 170 valence electrons. The predicted octanol–water partition coefficient (Wildman–Crippen LogP) is 9.31. The van der Waals surface area contributed by atoms with E-state index < -0.39 is 0 Å². The Morgan fingerprint density at radius 3 is 1.90 bits per heavy atom. The van der Waals surface area contributed by atoms with Crippen molar-refractivity contribution in [1.29, 1.82) is 0 Å². The molecule has 0 aliphatic heterocycles. The summed E-state index contributed by atoms with van der Waals surface area (Å²) in [6.45, 7) is 5.54. The van der Waals surface area contributed by atoms with E-state index in [2.05, 4.69) is 38.1 Å². The second kappa shape index (κ2) is 13.4. The van der Waals surface area contributed by atoms with Crippen LogP contribution in [0.2, 0.25) is 0 Å². The Kier molecular flexibility index (Phi) is 10.6. The molecule has 1 aromatic rings. The summed E-state index contributed by atoms with van der Waals surface area (Å²) in [5.74, 6) is 4.82. The molecule has 0 amide bonds. The van der Waals surface area contributed by atoms with Crippen LogP contribution in [-0.2, 0) is 0 Å². The summed E-state index contributed by atoms with van der Waals surface area (Å²) in [5, 5.41) is 0. The van der Waals surface area contributed by atoms with Gasteiger partial charge in [0.1, 0.15) is 5.75 Å². The largest absolute Gasteiger partial charge is 0.494 e. The molecule has 0 N–H and O–H groups in total. The first-order valence-electron chi connectivity index (χ1n) is 13.5. The number of hydrogen-bond acceptors (Lipinski definition) is 1. The van der Waals surface area contributed by atoms with Crippen molar-refractivity contribution in [3.05, 3.63) is 29.8 Å². The lowest BCUT2D eigenvalue weighted by atomic mass is 9.77. The number of hydrogen-bond donors (Lipinski definition) is 0. The molecular formula is C29H48O. The van der Waals surface area contributed by atoms with E-state index in [4.69, 9.17) is 4.74 Å². The van der Waals surface area contributed by atoms with E-state index in [9.17, 15) is 0 Å². The molecule has 0 bridgehead atoms. The third-order valence-corrected chi connectivity index (χ3v) is 8.23. The number of rotatable bonds is 12. The average Bonchev–Trinajstić information content (AvgIpc) is 2.81. The van der Waals surface area contributed by atoms with Crippen molar-refractivity contribution in [3.8, 4) is 5.75 Å².